The van der Waals surface area contributed by atoms with Crippen molar-refractivity contribution in [1.82, 2.24) is 16.0 Å². The first-order valence-electron chi connectivity index (χ1n) is 24.5. The number of ether oxygens (including phenoxy) is 4. The van der Waals surface area contributed by atoms with E-state index in [0.29, 0.717) is 81.7 Å². The van der Waals surface area contributed by atoms with E-state index in [2.05, 4.69) is 26.6 Å². The summed E-state index contributed by atoms with van der Waals surface area (Å²) >= 11 is 0. The average molecular weight is 1060 g/mol. The molecule has 5 aromatic rings. The van der Waals surface area contributed by atoms with Gasteiger partial charge in [-0.1, -0.05) is 58.0 Å². The molecule has 0 aliphatic carbocycles. The zero-order valence-corrected chi connectivity index (χ0v) is 43.8. The molecule has 9 rings (SSSR count). The maximum Gasteiger partial charge on any atom is 0.261 e. The fourth-order valence-corrected chi connectivity index (χ4v) is 11.8. The number of hydrogen-bond donors (Lipinski definition) is 5. The molecule has 6 amide bonds. The van der Waals surface area contributed by atoms with Crippen LogP contribution in [-0.4, -0.2) is 105 Å². The fourth-order valence-electron chi connectivity index (χ4n) is 9.56. The molecule has 0 unspecified atom stereocenters. The van der Waals surface area contributed by atoms with E-state index in [9.17, 15) is 28.8 Å². The molecule has 5 N–H and O–H groups in total. The quantitative estimate of drug-likeness (QED) is 0.0497. The highest BCUT2D eigenvalue weighted by Gasteiger charge is 2.39. The lowest BCUT2D eigenvalue weighted by Gasteiger charge is -2.22. The van der Waals surface area contributed by atoms with Crippen LogP contribution in [0.15, 0.2) is 96.0 Å². The third-order valence-corrected chi connectivity index (χ3v) is 15.9. The number of amides is 6. The van der Waals surface area contributed by atoms with E-state index in [0.717, 1.165) is 28.9 Å². The van der Waals surface area contributed by atoms with Crippen LogP contribution in [0.3, 0.4) is 0 Å². The smallest absolute Gasteiger partial charge is 0.261 e. The van der Waals surface area contributed by atoms with Gasteiger partial charge in [0, 0.05) is 59.5 Å². The third kappa shape index (κ3) is 12.0. The second-order valence-corrected chi connectivity index (χ2v) is 22.1. The number of benzene rings is 5. The minimum Gasteiger partial charge on any atom is -0.493 e. The topological polar surface area (TPSA) is 218 Å². The number of anilines is 4. The number of hydrogen-bond acceptors (Lipinski definition) is 14. The van der Waals surface area contributed by atoms with Gasteiger partial charge >= 0.3 is 0 Å². The summed E-state index contributed by atoms with van der Waals surface area (Å²) in [5, 5.41) is 13.8. The van der Waals surface area contributed by atoms with E-state index in [1.54, 1.807) is 69.1 Å². The Kier molecular flexibility index (Phi) is 15.9. The number of methoxy groups -OCH3 is 2. The van der Waals surface area contributed by atoms with Gasteiger partial charge in [-0.2, -0.15) is 0 Å². The molecule has 4 aliphatic rings. The van der Waals surface area contributed by atoms with Crippen molar-refractivity contribution in [3.63, 3.8) is 0 Å². The molecule has 5 aromatic carbocycles. The van der Waals surface area contributed by atoms with Crippen LogP contribution in [0.1, 0.15) is 69.7 Å². The minimum absolute atomic E-state index is 0.00627. The second-order valence-electron chi connectivity index (χ2n) is 19.0. The molecular weight excluding hydrogens is 997 g/mol. The normalized spacial score (nSPS) is 15.9. The Morgan fingerprint density at radius 1 is 0.693 bits per heavy atom. The Morgan fingerprint density at radius 2 is 1.27 bits per heavy atom. The van der Waals surface area contributed by atoms with Crippen LogP contribution in [0.25, 0.3) is 0 Å². The molecule has 0 spiro atoms. The van der Waals surface area contributed by atoms with Gasteiger partial charge in [0.15, 0.2) is 23.0 Å². The highest BCUT2D eigenvalue weighted by molar-refractivity contribution is 8.76. The van der Waals surface area contributed by atoms with Gasteiger partial charge < -0.3 is 50.4 Å². The summed E-state index contributed by atoms with van der Waals surface area (Å²) in [7, 11) is 6.30. The highest BCUT2D eigenvalue weighted by atomic mass is 33.1. The van der Waals surface area contributed by atoms with Crippen molar-refractivity contribution in [2.75, 3.05) is 67.1 Å². The Morgan fingerprint density at radius 3 is 1.92 bits per heavy atom. The summed E-state index contributed by atoms with van der Waals surface area (Å²) in [4.78, 5) is 87.3. The lowest BCUT2D eigenvalue weighted by atomic mass is 10.1. The first-order chi connectivity index (χ1) is 36.2. The van der Waals surface area contributed by atoms with E-state index in [4.69, 9.17) is 23.9 Å². The number of carbonyl (C=O) groups is 6. The summed E-state index contributed by atoms with van der Waals surface area (Å²) < 4.78 is 24.2. The molecule has 0 radical (unpaired) electrons. The minimum atomic E-state index is -0.612. The number of nitrogens with zero attached hydrogens (tertiary/aromatic N) is 3. The molecular formula is C55H58N8O10S2. The predicted octanol–water partition coefficient (Wildman–Crippen LogP) is 7.00. The highest BCUT2D eigenvalue weighted by Crippen LogP contribution is 2.43. The monoisotopic (exact) mass is 1050 g/mol. The number of fused-ring (bicyclic) bond motifs is 8. The molecule has 4 aliphatic heterocycles. The Labute approximate surface area is 442 Å². The number of rotatable bonds is 20. The SMILES string of the molecule is COc1cc2c(cc1OCc1cc(COc3cc4c(cc3OC)C(=O)N3c5ccccc5C[C@H]3CN4)cc(NC(=O)CNC(=O)CNC(=O)CNC(=O)CCC(C)(C)SSC)c1)N=C[C@@H]1Cc3ccccc3N1C2=O. The Hall–Kier alpha value is -7.71. The first-order valence-corrected chi connectivity index (χ1v) is 27.0. The Balaban J connectivity index is 0.887. The molecule has 20 heteroatoms. The number of para-hydroxylation sites is 2. The maximum atomic E-state index is 14.1. The number of aliphatic imine (C=N–C) groups is 1. The summed E-state index contributed by atoms with van der Waals surface area (Å²) in [5.74, 6) is -0.953. The van der Waals surface area contributed by atoms with Crippen LogP contribution in [-0.2, 0) is 45.2 Å². The Bertz CT molecular complexity index is 3090. The second kappa shape index (κ2) is 22.8. The van der Waals surface area contributed by atoms with Gasteiger partial charge in [-0.05, 0) is 97.7 Å². The fraction of sp³-hybridized carbons (Fsp3) is 0.327. The lowest BCUT2D eigenvalue weighted by molar-refractivity contribution is -0.128. The van der Waals surface area contributed by atoms with Gasteiger partial charge in [-0.25, -0.2) is 0 Å². The van der Waals surface area contributed by atoms with Gasteiger partial charge in [-0.3, -0.25) is 38.7 Å². The standard InChI is InChI=1S/C55H58N8O10S2/c1-55(2,75-74-5)15-14-49(64)58-27-50(65)59-28-51(66)60-29-52(67)61-36-17-32(30-72-47-23-41-39(21-45(47)70-3)53(68)62-37(25-56-41)19-34-10-6-8-12-43(34)62)16-33(18-36)31-73-48-24-42-40(22-46(48)71-4)54(69)63-38(26-57-42)20-35-11-7-9-13-44(35)63/h6-13,16-18,21-25,37-38,57H,14-15,19-20,26-31H2,1-5H3,(H,58,64)(H,59,65)(H,60,66)(H,61,67)/t37-,38-/m0/s1. The molecule has 75 heavy (non-hydrogen) atoms. The molecule has 2 atom stereocenters. The van der Waals surface area contributed by atoms with Crippen LogP contribution >= 0.6 is 21.6 Å². The van der Waals surface area contributed by atoms with Crippen molar-refractivity contribution in [2.45, 2.75) is 69.6 Å². The molecule has 18 nitrogen and oxygen atoms in total. The molecule has 0 saturated heterocycles. The molecule has 4 heterocycles. The zero-order valence-electron chi connectivity index (χ0n) is 42.2. The van der Waals surface area contributed by atoms with Crippen molar-refractivity contribution in [3.05, 3.63) is 124 Å². The van der Waals surface area contributed by atoms with Crippen molar-refractivity contribution in [2.24, 2.45) is 4.99 Å². The molecule has 390 valence electrons. The average Bonchev–Trinajstić information content (AvgIpc) is 3.90. The maximum absolute atomic E-state index is 14.1. The van der Waals surface area contributed by atoms with E-state index < -0.39 is 30.8 Å². The van der Waals surface area contributed by atoms with Gasteiger partial charge in [0.25, 0.3) is 11.8 Å². The number of nitrogens with one attached hydrogen (secondary N) is 5. The van der Waals surface area contributed by atoms with Gasteiger partial charge in [0.05, 0.1) is 68.4 Å². The third-order valence-electron chi connectivity index (χ3n) is 13.2. The van der Waals surface area contributed by atoms with Gasteiger partial charge in [0.2, 0.25) is 23.6 Å². The lowest BCUT2D eigenvalue weighted by Crippen LogP contribution is -2.43. The van der Waals surface area contributed by atoms with Crippen molar-refractivity contribution in [3.8, 4) is 23.0 Å². The van der Waals surface area contributed by atoms with Crippen LogP contribution < -0.4 is 55.3 Å². The van der Waals surface area contributed by atoms with E-state index in [-0.39, 0.29) is 60.7 Å². The van der Waals surface area contributed by atoms with Crippen molar-refractivity contribution >= 4 is 91.7 Å². The summed E-state index contributed by atoms with van der Waals surface area (Å²) in [6, 6.07) is 27.4. The summed E-state index contributed by atoms with van der Waals surface area (Å²) in [6.07, 6.45) is 6.02. The summed E-state index contributed by atoms with van der Waals surface area (Å²) in [5.41, 5.74) is 7.38. The molecule has 0 fully saturated rings. The molecule has 0 saturated carbocycles. The van der Waals surface area contributed by atoms with Crippen LogP contribution in [0.2, 0.25) is 0 Å². The largest absolute Gasteiger partial charge is 0.493 e. The molecule has 0 aromatic heterocycles. The van der Waals surface area contributed by atoms with Crippen molar-refractivity contribution in [1.29, 1.82) is 0 Å². The van der Waals surface area contributed by atoms with Crippen LogP contribution in [0, 0.1) is 0 Å². The van der Waals surface area contributed by atoms with Gasteiger partial charge in [-0.15, -0.1) is 0 Å². The van der Waals surface area contributed by atoms with Gasteiger partial charge in [0.1, 0.15) is 13.2 Å². The van der Waals surface area contributed by atoms with Crippen LogP contribution in [0.4, 0.5) is 28.4 Å². The van der Waals surface area contributed by atoms with Crippen LogP contribution in [0.5, 0.6) is 23.0 Å². The predicted molar refractivity (Wildman–Crippen MR) is 291 cm³/mol. The van der Waals surface area contributed by atoms with E-state index in [1.807, 2.05) is 79.6 Å². The number of carbonyl (C=O) groups excluding carboxylic acids is 6. The first kappa shape index (κ1) is 52.2. The van der Waals surface area contributed by atoms with Crippen molar-refractivity contribution < 1.29 is 47.7 Å². The van der Waals surface area contributed by atoms with E-state index >= 15 is 0 Å². The van der Waals surface area contributed by atoms with E-state index in [1.165, 1.54) is 14.2 Å². The zero-order chi connectivity index (χ0) is 52.8. The summed E-state index contributed by atoms with van der Waals surface area (Å²) in [6.45, 7) is 3.48. The molecule has 0 bridgehead atoms.